The van der Waals surface area contributed by atoms with Crippen molar-refractivity contribution in [2.24, 2.45) is 0 Å². The molecule has 3 aromatic rings. The van der Waals surface area contributed by atoms with E-state index in [2.05, 4.69) is 9.97 Å². The number of oxazole rings is 1. The van der Waals surface area contributed by atoms with Gasteiger partial charge in [0, 0.05) is 20.3 Å². The number of hydrogen-bond acceptors (Lipinski definition) is 7. The van der Waals surface area contributed by atoms with E-state index in [0.717, 1.165) is 16.3 Å². The largest absolute Gasteiger partial charge is 0.466 e. The van der Waals surface area contributed by atoms with Crippen LogP contribution in [0.3, 0.4) is 0 Å². The number of esters is 1. The summed E-state index contributed by atoms with van der Waals surface area (Å²) in [6.45, 7) is 2.12. The number of anilines is 1. The average molecular weight is 357 g/mol. The average Bonchev–Trinajstić information content (AvgIpc) is 3.24. The maximum Gasteiger partial charge on any atom is 0.313 e. The highest BCUT2D eigenvalue weighted by molar-refractivity contribution is 7.13. The highest BCUT2D eigenvalue weighted by atomic mass is 32.1. The lowest BCUT2D eigenvalue weighted by molar-refractivity contribution is -0.142. The molecule has 0 amide bonds. The summed E-state index contributed by atoms with van der Waals surface area (Å²) >= 11 is 1.55. The molecule has 0 saturated carbocycles. The Morgan fingerprint density at radius 3 is 2.76 bits per heavy atom. The second-order valence-corrected chi connectivity index (χ2v) is 6.50. The standard InChI is InChI=1S/C18H19N3O3S/c1-4-23-16(22)10-13-17(14-6-5-9-25-14)20-18(24-13)12-7-8-15(19-11-12)21(2)3/h5-9,11H,4,10H2,1-3H3. The van der Waals surface area contributed by atoms with Gasteiger partial charge in [-0.15, -0.1) is 11.3 Å². The first-order valence-electron chi connectivity index (χ1n) is 7.91. The quantitative estimate of drug-likeness (QED) is 0.628. The van der Waals surface area contributed by atoms with E-state index in [1.54, 1.807) is 24.5 Å². The Kier molecular flexibility index (Phi) is 5.14. The molecule has 130 valence electrons. The van der Waals surface area contributed by atoms with Gasteiger partial charge in [0.25, 0.3) is 0 Å². The van der Waals surface area contributed by atoms with Gasteiger partial charge < -0.3 is 14.1 Å². The maximum atomic E-state index is 11.9. The van der Waals surface area contributed by atoms with Crippen LogP contribution in [-0.2, 0) is 16.0 Å². The van der Waals surface area contributed by atoms with Crippen molar-refractivity contribution < 1.29 is 13.9 Å². The predicted octanol–water partition coefficient (Wildman–Crippen LogP) is 3.64. The van der Waals surface area contributed by atoms with Crippen molar-refractivity contribution >= 4 is 23.1 Å². The van der Waals surface area contributed by atoms with Crippen molar-refractivity contribution in [3.8, 4) is 22.0 Å². The molecule has 6 nitrogen and oxygen atoms in total. The van der Waals surface area contributed by atoms with Crippen molar-refractivity contribution in [1.82, 2.24) is 9.97 Å². The molecule has 3 aromatic heterocycles. The highest BCUT2D eigenvalue weighted by Gasteiger charge is 2.20. The lowest BCUT2D eigenvalue weighted by atomic mass is 10.2. The van der Waals surface area contributed by atoms with Crippen LogP contribution >= 0.6 is 11.3 Å². The summed E-state index contributed by atoms with van der Waals surface area (Å²) in [7, 11) is 3.86. The monoisotopic (exact) mass is 357 g/mol. The molecule has 0 fully saturated rings. The summed E-state index contributed by atoms with van der Waals surface area (Å²) in [6.07, 6.45) is 1.77. The molecule has 0 saturated heterocycles. The van der Waals surface area contributed by atoms with Crippen LogP contribution in [0.25, 0.3) is 22.0 Å². The van der Waals surface area contributed by atoms with Gasteiger partial charge in [-0.05, 0) is 30.5 Å². The molecule has 0 radical (unpaired) electrons. The van der Waals surface area contributed by atoms with Gasteiger partial charge in [-0.3, -0.25) is 4.79 Å². The number of thiophene rings is 1. The van der Waals surface area contributed by atoms with Gasteiger partial charge in [0.2, 0.25) is 5.89 Å². The minimum Gasteiger partial charge on any atom is -0.466 e. The third-order valence-corrected chi connectivity index (χ3v) is 4.39. The van der Waals surface area contributed by atoms with Crippen LogP contribution in [0.15, 0.2) is 40.3 Å². The zero-order valence-electron chi connectivity index (χ0n) is 14.4. The number of carbonyl (C=O) groups excluding carboxylic acids is 1. The smallest absolute Gasteiger partial charge is 0.313 e. The normalized spacial score (nSPS) is 10.7. The number of carbonyl (C=O) groups is 1. The number of hydrogen-bond donors (Lipinski definition) is 0. The number of pyridine rings is 1. The molecule has 0 aliphatic heterocycles. The van der Waals surface area contributed by atoms with E-state index in [1.807, 2.05) is 48.6 Å². The first-order valence-corrected chi connectivity index (χ1v) is 8.79. The second-order valence-electron chi connectivity index (χ2n) is 5.55. The topological polar surface area (TPSA) is 68.5 Å². The third-order valence-electron chi connectivity index (χ3n) is 3.52. The zero-order valence-corrected chi connectivity index (χ0v) is 15.2. The fraction of sp³-hybridized carbons (Fsp3) is 0.278. The molecule has 0 spiro atoms. The van der Waals surface area contributed by atoms with E-state index in [1.165, 1.54) is 0 Å². The summed E-state index contributed by atoms with van der Waals surface area (Å²) in [5, 5.41) is 1.96. The number of aromatic nitrogens is 2. The molecule has 0 atom stereocenters. The van der Waals surface area contributed by atoms with Crippen LogP contribution < -0.4 is 4.90 Å². The van der Waals surface area contributed by atoms with Crippen molar-refractivity contribution in [3.05, 3.63) is 41.6 Å². The maximum absolute atomic E-state index is 11.9. The summed E-state index contributed by atoms with van der Waals surface area (Å²) < 4.78 is 10.9. The van der Waals surface area contributed by atoms with Gasteiger partial charge in [0.1, 0.15) is 23.7 Å². The van der Waals surface area contributed by atoms with Crippen molar-refractivity contribution in [1.29, 1.82) is 0 Å². The predicted molar refractivity (Wildman–Crippen MR) is 97.7 cm³/mol. The van der Waals surface area contributed by atoms with E-state index in [0.29, 0.717) is 24.0 Å². The molecule has 3 heterocycles. The van der Waals surface area contributed by atoms with E-state index in [-0.39, 0.29) is 12.4 Å². The van der Waals surface area contributed by atoms with Gasteiger partial charge in [-0.2, -0.15) is 0 Å². The SMILES string of the molecule is CCOC(=O)Cc1oc(-c2ccc(N(C)C)nc2)nc1-c1cccs1. The Labute approximate surface area is 150 Å². The van der Waals surface area contributed by atoms with Crippen LogP contribution in [0.4, 0.5) is 5.82 Å². The van der Waals surface area contributed by atoms with Crippen molar-refractivity contribution in [3.63, 3.8) is 0 Å². The fourth-order valence-electron chi connectivity index (χ4n) is 2.32. The molecule has 0 N–H and O–H groups in total. The molecule has 0 aliphatic rings. The Bertz CT molecular complexity index is 839. The summed E-state index contributed by atoms with van der Waals surface area (Å²) in [4.78, 5) is 23.7. The highest BCUT2D eigenvalue weighted by Crippen LogP contribution is 2.32. The minimum atomic E-state index is -0.330. The summed E-state index contributed by atoms with van der Waals surface area (Å²) in [6, 6.07) is 7.69. The van der Waals surface area contributed by atoms with E-state index < -0.39 is 0 Å². The lowest BCUT2D eigenvalue weighted by Gasteiger charge is -2.10. The molecule has 0 unspecified atom stereocenters. The molecule has 0 aromatic carbocycles. The van der Waals surface area contributed by atoms with Crippen molar-refractivity contribution in [2.45, 2.75) is 13.3 Å². The Balaban J connectivity index is 1.96. The first-order chi connectivity index (χ1) is 12.1. The van der Waals surface area contributed by atoms with Gasteiger partial charge in [-0.1, -0.05) is 6.07 Å². The Morgan fingerprint density at radius 1 is 1.32 bits per heavy atom. The molecule has 25 heavy (non-hydrogen) atoms. The van der Waals surface area contributed by atoms with Crippen LogP contribution in [-0.4, -0.2) is 36.6 Å². The van der Waals surface area contributed by atoms with Crippen LogP contribution in [0.2, 0.25) is 0 Å². The first kappa shape index (κ1) is 17.2. The summed E-state index contributed by atoms with van der Waals surface area (Å²) in [5.41, 5.74) is 1.44. The van der Waals surface area contributed by atoms with Crippen molar-refractivity contribution in [2.75, 3.05) is 25.6 Å². The number of rotatable bonds is 6. The second kappa shape index (κ2) is 7.48. The third kappa shape index (κ3) is 3.88. The number of ether oxygens (including phenoxy) is 1. The van der Waals surface area contributed by atoms with E-state index in [9.17, 15) is 4.79 Å². The lowest BCUT2D eigenvalue weighted by Crippen LogP contribution is -2.09. The number of nitrogens with zero attached hydrogens (tertiary/aromatic N) is 3. The van der Waals surface area contributed by atoms with Gasteiger partial charge in [0.05, 0.1) is 17.0 Å². The van der Waals surface area contributed by atoms with Gasteiger partial charge >= 0.3 is 5.97 Å². The molecular formula is C18H19N3O3S. The Hall–Kier alpha value is -2.67. The zero-order chi connectivity index (χ0) is 17.8. The summed E-state index contributed by atoms with van der Waals surface area (Å²) in [5.74, 6) is 1.47. The fourth-order valence-corrected chi connectivity index (χ4v) is 3.05. The molecule has 0 aliphatic carbocycles. The molecule has 7 heteroatoms. The molecular weight excluding hydrogens is 338 g/mol. The Morgan fingerprint density at radius 2 is 2.16 bits per heavy atom. The van der Waals surface area contributed by atoms with Gasteiger partial charge in [-0.25, -0.2) is 9.97 Å². The van der Waals surface area contributed by atoms with Gasteiger partial charge in [0.15, 0.2) is 0 Å². The van der Waals surface area contributed by atoms with E-state index >= 15 is 0 Å². The molecule has 0 bridgehead atoms. The van der Waals surface area contributed by atoms with E-state index in [4.69, 9.17) is 9.15 Å². The minimum absolute atomic E-state index is 0.0529. The van der Waals surface area contributed by atoms with Crippen LogP contribution in [0.5, 0.6) is 0 Å². The van der Waals surface area contributed by atoms with Crippen LogP contribution in [0.1, 0.15) is 12.7 Å². The molecule has 3 rings (SSSR count). The van der Waals surface area contributed by atoms with Crippen LogP contribution in [0, 0.1) is 0 Å².